The Labute approximate surface area is 104 Å². The largest absolute Gasteiger partial charge is 0.489 e. The van der Waals surface area contributed by atoms with Crippen LogP contribution in [0.4, 0.5) is 14.5 Å². The number of anilines is 1. The van der Waals surface area contributed by atoms with E-state index in [0.717, 1.165) is 0 Å². The third kappa shape index (κ3) is 2.77. The lowest BCUT2D eigenvalue weighted by molar-refractivity contribution is 0.305. The van der Waals surface area contributed by atoms with Crippen LogP contribution in [-0.2, 0) is 6.61 Å². The van der Waals surface area contributed by atoms with E-state index in [0.29, 0.717) is 22.6 Å². The summed E-state index contributed by atoms with van der Waals surface area (Å²) < 4.78 is 31.5. The van der Waals surface area contributed by atoms with Gasteiger partial charge in [0.05, 0.1) is 0 Å². The van der Waals surface area contributed by atoms with Crippen LogP contribution in [0.1, 0.15) is 11.1 Å². The van der Waals surface area contributed by atoms with Crippen LogP contribution in [0.2, 0.25) is 0 Å². The molecule has 2 N–H and O–H groups in total. The smallest absolute Gasteiger partial charge is 0.126 e. The van der Waals surface area contributed by atoms with Gasteiger partial charge < -0.3 is 10.5 Å². The van der Waals surface area contributed by atoms with Crippen molar-refractivity contribution in [3.8, 4) is 5.75 Å². The van der Waals surface area contributed by atoms with Crippen LogP contribution in [-0.4, -0.2) is 0 Å². The van der Waals surface area contributed by atoms with Crippen LogP contribution in [0.5, 0.6) is 5.75 Å². The van der Waals surface area contributed by atoms with Crippen molar-refractivity contribution in [1.82, 2.24) is 0 Å². The van der Waals surface area contributed by atoms with Gasteiger partial charge in [0.2, 0.25) is 0 Å². The average molecular weight is 249 g/mol. The molecule has 0 bridgehead atoms. The maximum absolute atomic E-state index is 13.1. The van der Waals surface area contributed by atoms with Crippen molar-refractivity contribution in [1.29, 1.82) is 0 Å². The van der Waals surface area contributed by atoms with Crippen molar-refractivity contribution in [3.63, 3.8) is 0 Å². The van der Waals surface area contributed by atoms with E-state index in [1.165, 1.54) is 30.3 Å². The molecule has 0 aliphatic carbocycles. The summed E-state index contributed by atoms with van der Waals surface area (Å²) in [5.41, 5.74) is 7.24. The maximum Gasteiger partial charge on any atom is 0.126 e. The average Bonchev–Trinajstić information content (AvgIpc) is 2.34. The van der Waals surface area contributed by atoms with Crippen LogP contribution >= 0.6 is 0 Å². The third-order valence-electron chi connectivity index (χ3n) is 2.63. The Hall–Kier alpha value is -2.10. The van der Waals surface area contributed by atoms with Gasteiger partial charge in [0, 0.05) is 11.3 Å². The number of halogens is 2. The van der Waals surface area contributed by atoms with Gasteiger partial charge in [-0.15, -0.1) is 0 Å². The molecular formula is C14H13F2NO. The fraction of sp³-hybridized carbons (Fsp3) is 0.143. The number of nitrogens with two attached hydrogens (primary N) is 1. The summed E-state index contributed by atoms with van der Waals surface area (Å²) in [4.78, 5) is 0. The van der Waals surface area contributed by atoms with Gasteiger partial charge in [-0.2, -0.15) is 0 Å². The first-order valence-electron chi connectivity index (χ1n) is 5.49. The second-order valence-corrected chi connectivity index (χ2v) is 4.04. The van der Waals surface area contributed by atoms with Crippen molar-refractivity contribution < 1.29 is 13.5 Å². The monoisotopic (exact) mass is 249 g/mol. The van der Waals surface area contributed by atoms with Gasteiger partial charge in [-0.3, -0.25) is 0 Å². The maximum atomic E-state index is 13.1. The second kappa shape index (κ2) is 5.04. The molecule has 94 valence electrons. The van der Waals surface area contributed by atoms with Gasteiger partial charge in [0.15, 0.2) is 0 Å². The zero-order valence-corrected chi connectivity index (χ0v) is 9.91. The summed E-state index contributed by atoms with van der Waals surface area (Å²) in [6.45, 7) is 1.80. The quantitative estimate of drug-likeness (QED) is 0.846. The number of rotatable bonds is 3. The van der Waals surface area contributed by atoms with E-state index in [4.69, 9.17) is 10.5 Å². The van der Waals surface area contributed by atoms with Crippen LogP contribution in [0, 0.1) is 18.6 Å². The topological polar surface area (TPSA) is 35.2 Å². The molecule has 2 aromatic rings. The standard InChI is InChI=1S/C14H13F2NO/c1-9-6-12(3-4-13(9)16)18-8-10-7-11(15)2-5-14(10)17/h2-7H,8,17H2,1H3. The minimum absolute atomic E-state index is 0.147. The molecule has 2 aromatic carbocycles. The number of benzene rings is 2. The highest BCUT2D eigenvalue weighted by Crippen LogP contribution is 2.19. The van der Waals surface area contributed by atoms with Gasteiger partial charge >= 0.3 is 0 Å². The minimum Gasteiger partial charge on any atom is -0.489 e. The van der Waals surface area contributed by atoms with Gasteiger partial charge in [0.25, 0.3) is 0 Å². The Morgan fingerprint density at radius 2 is 1.89 bits per heavy atom. The molecule has 0 heterocycles. The lowest BCUT2D eigenvalue weighted by Crippen LogP contribution is -2.01. The lowest BCUT2D eigenvalue weighted by atomic mass is 10.2. The molecule has 18 heavy (non-hydrogen) atoms. The Morgan fingerprint density at radius 1 is 1.11 bits per heavy atom. The number of ether oxygens (including phenoxy) is 1. The van der Waals surface area contributed by atoms with Gasteiger partial charge in [-0.25, -0.2) is 8.78 Å². The highest BCUT2D eigenvalue weighted by Gasteiger charge is 2.04. The van der Waals surface area contributed by atoms with Crippen LogP contribution in [0.15, 0.2) is 36.4 Å². The van der Waals surface area contributed by atoms with Crippen LogP contribution in [0.3, 0.4) is 0 Å². The highest BCUT2D eigenvalue weighted by molar-refractivity contribution is 5.46. The molecule has 0 radical (unpaired) electrons. The van der Waals surface area contributed by atoms with Gasteiger partial charge in [-0.05, 0) is 48.9 Å². The SMILES string of the molecule is Cc1cc(OCc2cc(F)ccc2N)ccc1F. The zero-order valence-electron chi connectivity index (χ0n) is 9.91. The summed E-state index contributed by atoms with van der Waals surface area (Å²) in [5, 5.41) is 0. The third-order valence-corrected chi connectivity index (χ3v) is 2.63. The fourth-order valence-electron chi connectivity index (χ4n) is 1.57. The Morgan fingerprint density at radius 3 is 2.61 bits per heavy atom. The van der Waals surface area contributed by atoms with E-state index in [1.807, 2.05) is 0 Å². The molecule has 0 aliphatic heterocycles. The van der Waals surface area contributed by atoms with E-state index in [9.17, 15) is 8.78 Å². The second-order valence-electron chi connectivity index (χ2n) is 4.04. The van der Waals surface area contributed by atoms with E-state index in [2.05, 4.69) is 0 Å². The van der Waals surface area contributed by atoms with Crippen LogP contribution < -0.4 is 10.5 Å². The van der Waals surface area contributed by atoms with Crippen molar-refractivity contribution in [2.24, 2.45) is 0 Å². The number of hydrogen-bond acceptors (Lipinski definition) is 2. The van der Waals surface area contributed by atoms with Crippen LogP contribution in [0.25, 0.3) is 0 Å². The first kappa shape index (κ1) is 12.4. The van der Waals surface area contributed by atoms with E-state index >= 15 is 0 Å². The summed E-state index contributed by atoms with van der Waals surface area (Å²) in [6.07, 6.45) is 0. The Kier molecular flexibility index (Phi) is 3.46. The summed E-state index contributed by atoms with van der Waals surface area (Å²) >= 11 is 0. The molecule has 0 amide bonds. The number of nitrogen functional groups attached to an aromatic ring is 1. The first-order chi connectivity index (χ1) is 8.56. The molecule has 0 atom stereocenters. The predicted octanol–water partition coefficient (Wildman–Crippen LogP) is 3.43. The zero-order chi connectivity index (χ0) is 13.1. The minimum atomic E-state index is -0.363. The van der Waals surface area contributed by atoms with Crippen molar-refractivity contribution in [3.05, 3.63) is 59.2 Å². The molecule has 0 unspecified atom stereocenters. The fourth-order valence-corrected chi connectivity index (χ4v) is 1.57. The Bertz CT molecular complexity index is 570. The van der Waals surface area contributed by atoms with Crippen molar-refractivity contribution >= 4 is 5.69 Å². The number of aryl methyl sites for hydroxylation is 1. The highest BCUT2D eigenvalue weighted by atomic mass is 19.1. The van der Waals surface area contributed by atoms with E-state index in [-0.39, 0.29) is 18.2 Å². The Balaban J connectivity index is 2.11. The van der Waals surface area contributed by atoms with Gasteiger partial charge in [-0.1, -0.05) is 0 Å². The van der Waals surface area contributed by atoms with Gasteiger partial charge in [0.1, 0.15) is 24.0 Å². The molecule has 0 saturated heterocycles. The lowest BCUT2D eigenvalue weighted by Gasteiger charge is -2.09. The van der Waals surface area contributed by atoms with E-state index in [1.54, 1.807) is 13.0 Å². The normalized spacial score (nSPS) is 10.4. The summed E-state index contributed by atoms with van der Waals surface area (Å²) in [7, 11) is 0. The summed E-state index contributed by atoms with van der Waals surface area (Å²) in [5.74, 6) is -0.122. The number of hydrogen-bond donors (Lipinski definition) is 1. The molecule has 0 saturated carbocycles. The molecule has 2 rings (SSSR count). The van der Waals surface area contributed by atoms with Crippen molar-refractivity contribution in [2.75, 3.05) is 5.73 Å². The molecule has 4 heteroatoms. The summed E-state index contributed by atoms with van der Waals surface area (Å²) in [6, 6.07) is 8.55. The van der Waals surface area contributed by atoms with E-state index < -0.39 is 0 Å². The molecule has 0 fully saturated rings. The molecule has 2 nitrogen and oxygen atoms in total. The first-order valence-corrected chi connectivity index (χ1v) is 5.49. The van der Waals surface area contributed by atoms with Crippen molar-refractivity contribution in [2.45, 2.75) is 13.5 Å². The molecule has 0 aromatic heterocycles. The molecular weight excluding hydrogens is 236 g/mol. The molecule has 0 spiro atoms. The predicted molar refractivity (Wildman–Crippen MR) is 66.3 cm³/mol. The molecule has 0 aliphatic rings.